The third kappa shape index (κ3) is 4.83. The fourth-order valence-corrected chi connectivity index (χ4v) is 2.90. The second-order valence-electron chi connectivity index (χ2n) is 7.56. The van der Waals surface area contributed by atoms with Gasteiger partial charge in [-0.25, -0.2) is 4.68 Å². The van der Waals surface area contributed by atoms with Crippen molar-refractivity contribution in [2.24, 2.45) is 0 Å². The number of benzene rings is 2. The summed E-state index contributed by atoms with van der Waals surface area (Å²) in [5.74, 6) is -0.351. The SMILES string of the molecule is Cc1ccc(NC(=O)c2nnn(CC(=O)Nc3ccc(C(C)C)cc3)c2N)cc1C. The number of nitrogens with zero attached hydrogens (tertiary/aromatic N) is 3. The number of nitrogen functional groups attached to an aromatic ring is 1. The van der Waals surface area contributed by atoms with Gasteiger partial charge in [0.2, 0.25) is 5.91 Å². The maximum absolute atomic E-state index is 12.5. The Balaban J connectivity index is 1.64. The number of aromatic nitrogens is 3. The maximum atomic E-state index is 12.5. The lowest BCUT2D eigenvalue weighted by Crippen LogP contribution is -2.21. The second kappa shape index (κ2) is 8.77. The maximum Gasteiger partial charge on any atom is 0.280 e. The molecule has 30 heavy (non-hydrogen) atoms. The molecule has 3 rings (SSSR count). The van der Waals surface area contributed by atoms with Gasteiger partial charge < -0.3 is 16.4 Å². The molecule has 0 bridgehead atoms. The Morgan fingerprint density at radius 1 is 1.00 bits per heavy atom. The van der Waals surface area contributed by atoms with Crippen LogP contribution in [0.15, 0.2) is 42.5 Å². The molecule has 1 heterocycles. The van der Waals surface area contributed by atoms with E-state index >= 15 is 0 Å². The zero-order chi connectivity index (χ0) is 21.8. The van der Waals surface area contributed by atoms with E-state index in [2.05, 4.69) is 34.8 Å². The summed E-state index contributed by atoms with van der Waals surface area (Å²) in [6.07, 6.45) is 0. The van der Waals surface area contributed by atoms with Crippen LogP contribution in [0.25, 0.3) is 0 Å². The van der Waals surface area contributed by atoms with E-state index in [1.165, 1.54) is 10.2 Å². The number of hydrogen-bond donors (Lipinski definition) is 3. The van der Waals surface area contributed by atoms with Crippen LogP contribution < -0.4 is 16.4 Å². The molecule has 2 aromatic carbocycles. The van der Waals surface area contributed by atoms with Crippen molar-refractivity contribution in [2.45, 2.75) is 40.2 Å². The van der Waals surface area contributed by atoms with E-state index in [1.54, 1.807) is 6.07 Å². The van der Waals surface area contributed by atoms with Crippen LogP contribution in [0.4, 0.5) is 17.2 Å². The minimum absolute atomic E-state index is 0.0256. The van der Waals surface area contributed by atoms with E-state index < -0.39 is 5.91 Å². The van der Waals surface area contributed by atoms with Crippen molar-refractivity contribution in [3.8, 4) is 0 Å². The van der Waals surface area contributed by atoms with Crippen molar-refractivity contribution < 1.29 is 9.59 Å². The van der Waals surface area contributed by atoms with Crippen LogP contribution in [0, 0.1) is 13.8 Å². The molecule has 0 saturated heterocycles. The average Bonchev–Trinajstić information content (AvgIpc) is 3.05. The molecule has 8 heteroatoms. The average molecular weight is 406 g/mol. The molecule has 0 radical (unpaired) electrons. The first-order valence-corrected chi connectivity index (χ1v) is 9.72. The normalized spacial score (nSPS) is 10.8. The van der Waals surface area contributed by atoms with E-state index in [0.29, 0.717) is 17.3 Å². The highest BCUT2D eigenvalue weighted by molar-refractivity contribution is 6.05. The number of aryl methyl sites for hydroxylation is 2. The summed E-state index contributed by atoms with van der Waals surface area (Å²) in [5.41, 5.74) is 10.7. The fraction of sp³-hybridized carbons (Fsp3) is 0.273. The topological polar surface area (TPSA) is 115 Å². The van der Waals surface area contributed by atoms with Crippen molar-refractivity contribution in [1.29, 1.82) is 0 Å². The monoisotopic (exact) mass is 406 g/mol. The standard InChI is InChI=1S/C22H26N6O2/c1-13(2)16-6-9-17(10-7-16)24-19(29)12-28-21(23)20(26-27-28)22(30)25-18-8-5-14(3)15(4)11-18/h5-11,13H,12,23H2,1-4H3,(H,24,29)(H,25,30). The first-order valence-electron chi connectivity index (χ1n) is 9.72. The van der Waals surface area contributed by atoms with Gasteiger partial charge in [0.25, 0.3) is 5.91 Å². The molecule has 4 N–H and O–H groups in total. The lowest BCUT2D eigenvalue weighted by Gasteiger charge is -2.09. The predicted octanol–water partition coefficient (Wildman–Crippen LogP) is 3.49. The molecule has 1 aromatic heterocycles. The third-order valence-corrected chi connectivity index (χ3v) is 4.91. The Morgan fingerprint density at radius 2 is 1.67 bits per heavy atom. The summed E-state index contributed by atoms with van der Waals surface area (Å²) in [7, 11) is 0. The molecule has 3 aromatic rings. The van der Waals surface area contributed by atoms with Crippen LogP contribution in [0.2, 0.25) is 0 Å². The highest BCUT2D eigenvalue weighted by atomic mass is 16.2. The van der Waals surface area contributed by atoms with Crippen LogP contribution in [0.5, 0.6) is 0 Å². The van der Waals surface area contributed by atoms with Gasteiger partial charge in [-0.1, -0.05) is 37.3 Å². The molecule has 8 nitrogen and oxygen atoms in total. The van der Waals surface area contributed by atoms with Crippen LogP contribution >= 0.6 is 0 Å². The van der Waals surface area contributed by atoms with Crippen LogP contribution in [-0.4, -0.2) is 26.8 Å². The van der Waals surface area contributed by atoms with Crippen molar-refractivity contribution in [2.75, 3.05) is 16.4 Å². The summed E-state index contributed by atoms with van der Waals surface area (Å²) in [6, 6.07) is 13.2. The Bertz CT molecular complexity index is 1070. The minimum atomic E-state index is -0.480. The Hall–Kier alpha value is -3.68. The lowest BCUT2D eigenvalue weighted by molar-refractivity contribution is -0.116. The molecule has 0 spiro atoms. The van der Waals surface area contributed by atoms with E-state index in [9.17, 15) is 9.59 Å². The minimum Gasteiger partial charge on any atom is -0.382 e. The Labute approximate surface area is 175 Å². The number of carbonyl (C=O) groups excluding carboxylic acids is 2. The first kappa shape index (κ1) is 21.0. The van der Waals surface area contributed by atoms with Gasteiger partial charge in [-0.05, 0) is 60.7 Å². The lowest BCUT2D eigenvalue weighted by atomic mass is 10.0. The zero-order valence-corrected chi connectivity index (χ0v) is 17.6. The van der Waals surface area contributed by atoms with Crippen LogP contribution in [-0.2, 0) is 11.3 Å². The Kier molecular flexibility index (Phi) is 6.15. The summed E-state index contributed by atoms with van der Waals surface area (Å²) >= 11 is 0. The largest absolute Gasteiger partial charge is 0.382 e. The number of nitrogens with one attached hydrogen (secondary N) is 2. The van der Waals surface area contributed by atoms with E-state index in [4.69, 9.17) is 5.73 Å². The predicted molar refractivity (Wildman–Crippen MR) is 117 cm³/mol. The molecule has 0 fully saturated rings. The smallest absolute Gasteiger partial charge is 0.280 e. The number of rotatable bonds is 6. The first-order chi connectivity index (χ1) is 14.2. The number of carbonyl (C=O) groups is 2. The van der Waals surface area contributed by atoms with Gasteiger partial charge in [0.1, 0.15) is 6.54 Å². The van der Waals surface area contributed by atoms with Gasteiger partial charge in [0, 0.05) is 11.4 Å². The van der Waals surface area contributed by atoms with Gasteiger partial charge in [-0.3, -0.25) is 9.59 Å². The van der Waals surface area contributed by atoms with Crippen molar-refractivity contribution in [3.05, 3.63) is 64.8 Å². The van der Waals surface area contributed by atoms with Gasteiger partial charge in [0.05, 0.1) is 0 Å². The molecule has 2 amide bonds. The zero-order valence-electron chi connectivity index (χ0n) is 17.6. The molecular weight excluding hydrogens is 380 g/mol. The summed E-state index contributed by atoms with van der Waals surface area (Å²) in [4.78, 5) is 24.8. The number of amides is 2. The highest BCUT2D eigenvalue weighted by Crippen LogP contribution is 2.18. The molecule has 0 aliphatic heterocycles. The molecule has 0 atom stereocenters. The molecule has 0 unspecified atom stereocenters. The molecule has 0 aliphatic carbocycles. The summed E-state index contributed by atoms with van der Waals surface area (Å²) in [6.45, 7) is 8.02. The van der Waals surface area contributed by atoms with Crippen LogP contribution in [0.1, 0.15) is 46.9 Å². The number of hydrogen-bond acceptors (Lipinski definition) is 5. The molecular formula is C22H26N6O2. The van der Waals surface area contributed by atoms with Gasteiger partial charge in [0.15, 0.2) is 11.5 Å². The van der Waals surface area contributed by atoms with E-state index in [1.807, 2.05) is 50.2 Å². The van der Waals surface area contributed by atoms with Gasteiger partial charge in [-0.2, -0.15) is 0 Å². The highest BCUT2D eigenvalue weighted by Gasteiger charge is 2.19. The Morgan fingerprint density at radius 3 is 2.30 bits per heavy atom. The molecule has 0 saturated carbocycles. The van der Waals surface area contributed by atoms with E-state index in [0.717, 1.165) is 11.1 Å². The van der Waals surface area contributed by atoms with Crippen LogP contribution in [0.3, 0.4) is 0 Å². The van der Waals surface area contributed by atoms with Crippen molar-refractivity contribution in [3.63, 3.8) is 0 Å². The quantitative estimate of drug-likeness (QED) is 0.580. The summed E-state index contributed by atoms with van der Waals surface area (Å²) < 4.78 is 1.20. The van der Waals surface area contributed by atoms with Gasteiger partial charge >= 0.3 is 0 Å². The molecule has 156 valence electrons. The third-order valence-electron chi connectivity index (χ3n) is 4.91. The van der Waals surface area contributed by atoms with Crippen molar-refractivity contribution >= 4 is 29.0 Å². The second-order valence-corrected chi connectivity index (χ2v) is 7.56. The summed E-state index contributed by atoms with van der Waals surface area (Å²) in [5, 5.41) is 13.2. The number of anilines is 3. The van der Waals surface area contributed by atoms with Gasteiger partial charge in [-0.15, -0.1) is 5.10 Å². The molecule has 0 aliphatic rings. The fourth-order valence-electron chi connectivity index (χ4n) is 2.90. The van der Waals surface area contributed by atoms with E-state index in [-0.39, 0.29) is 24.0 Å². The number of nitrogens with two attached hydrogens (primary N) is 1. The van der Waals surface area contributed by atoms with Crippen molar-refractivity contribution in [1.82, 2.24) is 15.0 Å².